The van der Waals surface area contributed by atoms with Gasteiger partial charge in [0, 0.05) is 69.5 Å². The molecular formula is C22H36N8O10S2. The first-order chi connectivity index (χ1) is 19.9. The number of hydrazine groups is 2. The van der Waals surface area contributed by atoms with Gasteiger partial charge in [-0.1, -0.05) is 0 Å². The Labute approximate surface area is 251 Å². The second kappa shape index (κ2) is 22.6. The fourth-order valence-electron chi connectivity index (χ4n) is 2.63. The number of hydrogen-bond acceptors (Lipinski definition) is 11. The van der Waals surface area contributed by atoms with Crippen LogP contribution in [0, 0.1) is 0 Å². The van der Waals surface area contributed by atoms with Crippen LogP contribution in [0.2, 0.25) is 0 Å². The van der Waals surface area contributed by atoms with Crippen LogP contribution in [0.1, 0.15) is 51.4 Å². The molecule has 1 atom stereocenters. The van der Waals surface area contributed by atoms with Crippen LogP contribution in [0.4, 0.5) is 0 Å². The maximum Gasteiger partial charge on any atom is 0.303 e. The zero-order valence-electron chi connectivity index (χ0n) is 22.6. The van der Waals surface area contributed by atoms with Crippen molar-refractivity contribution in [3.05, 3.63) is 0 Å². The van der Waals surface area contributed by atoms with Gasteiger partial charge < -0.3 is 26.4 Å². The molecule has 0 fully saturated rings. The van der Waals surface area contributed by atoms with E-state index >= 15 is 0 Å². The summed E-state index contributed by atoms with van der Waals surface area (Å²) in [6, 6.07) is 0. The van der Waals surface area contributed by atoms with Gasteiger partial charge in [-0.2, -0.15) is 25.3 Å². The fourth-order valence-corrected chi connectivity index (χ4v) is 2.86. The summed E-state index contributed by atoms with van der Waals surface area (Å²) in [6.07, 6.45) is -4.63. The first-order valence-corrected chi connectivity index (χ1v) is 13.9. The standard InChI is InChI=1S/C22H36N8O10S2/c31-13(23-9-11-41)1-4-17(35)27-28-18(36)6-3-15(33)25-21(26-16(34)7-8-20(38)39)22(40)30-29-19(37)5-2-14(32)24-10-12-42/h21,41-42H,1-12H2,(H,23,31)(H,24,32)(H,25,33)(H,26,34)(H,27,35)(H,28,36)(H,29,37)(H,30,40)(H,38,39). The second-order valence-corrected chi connectivity index (χ2v) is 9.14. The molecule has 0 saturated heterocycles. The van der Waals surface area contributed by atoms with Crippen LogP contribution >= 0.6 is 25.3 Å². The Kier molecular flexibility index (Phi) is 20.4. The van der Waals surface area contributed by atoms with E-state index in [0.717, 1.165) is 0 Å². The van der Waals surface area contributed by atoms with E-state index in [4.69, 9.17) is 5.11 Å². The molecule has 236 valence electrons. The first-order valence-electron chi connectivity index (χ1n) is 12.6. The van der Waals surface area contributed by atoms with Crippen molar-refractivity contribution >= 4 is 78.5 Å². The quantitative estimate of drug-likeness (QED) is 0.0373. The monoisotopic (exact) mass is 636 g/mol. The smallest absolute Gasteiger partial charge is 0.303 e. The molecule has 0 aliphatic carbocycles. The number of hydrogen-bond donors (Lipinski definition) is 11. The minimum absolute atomic E-state index is 0.119. The maximum absolute atomic E-state index is 12.5. The Morgan fingerprint density at radius 2 is 0.810 bits per heavy atom. The van der Waals surface area contributed by atoms with Gasteiger partial charge in [0.15, 0.2) is 6.17 Å². The lowest BCUT2D eigenvalue weighted by Gasteiger charge is -2.20. The van der Waals surface area contributed by atoms with Crippen molar-refractivity contribution in [2.75, 3.05) is 24.6 Å². The van der Waals surface area contributed by atoms with Crippen molar-refractivity contribution in [3.63, 3.8) is 0 Å². The number of carboxylic acids is 1. The predicted molar refractivity (Wildman–Crippen MR) is 151 cm³/mol. The van der Waals surface area contributed by atoms with Crippen molar-refractivity contribution in [2.45, 2.75) is 57.5 Å². The molecule has 9 N–H and O–H groups in total. The number of thiol groups is 2. The molecule has 0 spiro atoms. The average molecular weight is 637 g/mol. The average Bonchev–Trinajstić information content (AvgIpc) is 2.95. The van der Waals surface area contributed by atoms with Gasteiger partial charge in [-0.05, 0) is 0 Å². The van der Waals surface area contributed by atoms with Gasteiger partial charge >= 0.3 is 5.97 Å². The SMILES string of the molecule is O=C(O)CCC(=O)NC(NC(=O)CCC(=O)NNC(=O)CCC(=O)NCCS)C(=O)NNC(=O)CCC(=O)NCCS. The van der Waals surface area contributed by atoms with Gasteiger partial charge in [0.05, 0.1) is 6.42 Å². The molecule has 0 aromatic carbocycles. The summed E-state index contributed by atoms with van der Waals surface area (Å²) in [7, 11) is 0. The molecule has 0 aromatic heterocycles. The number of amides is 8. The molecule has 0 heterocycles. The lowest BCUT2D eigenvalue weighted by Crippen LogP contribution is -2.59. The lowest BCUT2D eigenvalue weighted by atomic mass is 10.2. The van der Waals surface area contributed by atoms with Crippen LogP contribution in [0.15, 0.2) is 0 Å². The third-order valence-corrected chi connectivity index (χ3v) is 5.16. The summed E-state index contributed by atoms with van der Waals surface area (Å²) in [6.45, 7) is 0.639. The van der Waals surface area contributed by atoms with Gasteiger partial charge in [0.25, 0.3) is 5.91 Å². The van der Waals surface area contributed by atoms with E-state index in [1.807, 2.05) is 10.9 Å². The highest BCUT2D eigenvalue weighted by molar-refractivity contribution is 7.80. The lowest BCUT2D eigenvalue weighted by molar-refractivity contribution is -0.139. The zero-order valence-corrected chi connectivity index (χ0v) is 24.4. The Morgan fingerprint density at radius 1 is 0.476 bits per heavy atom. The maximum atomic E-state index is 12.5. The highest BCUT2D eigenvalue weighted by atomic mass is 32.1. The first kappa shape index (κ1) is 37.9. The molecule has 18 nitrogen and oxygen atoms in total. The Morgan fingerprint density at radius 3 is 1.19 bits per heavy atom. The van der Waals surface area contributed by atoms with Crippen LogP contribution in [0.3, 0.4) is 0 Å². The molecule has 0 bridgehead atoms. The molecule has 0 saturated carbocycles. The molecule has 0 aromatic rings. The van der Waals surface area contributed by atoms with E-state index in [1.165, 1.54) is 0 Å². The summed E-state index contributed by atoms with van der Waals surface area (Å²) >= 11 is 7.86. The topological polar surface area (TPSA) is 270 Å². The van der Waals surface area contributed by atoms with E-state index in [9.17, 15) is 43.2 Å². The van der Waals surface area contributed by atoms with E-state index in [0.29, 0.717) is 24.6 Å². The number of rotatable bonds is 19. The summed E-state index contributed by atoms with van der Waals surface area (Å²) < 4.78 is 0. The van der Waals surface area contributed by atoms with Crippen molar-refractivity contribution < 1.29 is 48.3 Å². The third-order valence-electron chi connectivity index (χ3n) is 4.71. The summed E-state index contributed by atoms with van der Waals surface area (Å²) in [5.41, 5.74) is 8.11. The van der Waals surface area contributed by atoms with Crippen molar-refractivity contribution in [3.8, 4) is 0 Å². The van der Waals surface area contributed by atoms with E-state index in [2.05, 4.69) is 57.4 Å². The molecule has 20 heteroatoms. The van der Waals surface area contributed by atoms with E-state index < -0.39 is 79.2 Å². The van der Waals surface area contributed by atoms with E-state index in [-0.39, 0.29) is 31.6 Å². The summed E-state index contributed by atoms with van der Waals surface area (Å²) in [5, 5.41) is 18.0. The predicted octanol–water partition coefficient (Wildman–Crippen LogP) is -3.86. The zero-order chi connectivity index (χ0) is 31.9. The second-order valence-electron chi connectivity index (χ2n) is 8.24. The van der Waals surface area contributed by atoms with Gasteiger partial charge in [0.2, 0.25) is 41.4 Å². The molecule has 0 aliphatic heterocycles. The normalized spacial score (nSPS) is 10.7. The van der Waals surface area contributed by atoms with Crippen molar-refractivity contribution in [2.24, 2.45) is 0 Å². The van der Waals surface area contributed by atoms with Gasteiger partial charge in [-0.15, -0.1) is 0 Å². The largest absolute Gasteiger partial charge is 0.481 e. The number of carboxylic acid groups (broad SMARTS) is 1. The van der Waals surface area contributed by atoms with Gasteiger partial charge in [-0.3, -0.25) is 64.9 Å². The highest BCUT2D eigenvalue weighted by Crippen LogP contribution is 1.95. The highest BCUT2D eigenvalue weighted by Gasteiger charge is 2.24. The minimum Gasteiger partial charge on any atom is -0.481 e. The Hall–Kier alpha value is -4.07. The molecule has 8 amide bonds. The van der Waals surface area contributed by atoms with Crippen molar-refractivity contribution in [1.82, 2.24) is 43.0 Å². The van der Waals surface area contributed by atoms with Crippen LogP contribution in [-0.2, 0) is 43.2 Å². The van der Waals surface area contributed by atoms with Crippen LogP contribution < -0.4 is 43.0 Å². The van der Waals surface area contributed by atoms with Crippen LogP contribution in [0.5, 0.6) is 0 Å². The molecule has 0 radical (unpaired) electrons. The third kappa shape index (κ3) is 20.8. The molecular weight excluding hydrogens is 600 g/mol. The molecule has 1 unspecified atom stereocenters. The molecule has 0 aliphatic rings. The van der Waals surface area contributed by atoms with Gasteiger partial charge in [-0.25, -0.2) is 0 Å². The van der Waals surface area contributed by atoms with Crippen LogP contribution in [0.25, 0.3) is 0 Å². The number of carbonyl (C=O) groups is 9. The summed E-state index contributed by atoms with van der Waals surface area (Å²) in [4.78, 5) is 106. The number of nitrogens with one attached hydrogen (secondary N) is 8. The minimum atomic E-state index is -1.77. The number of carbonyl (C=O) groups excluding carboxylic acids is 8. The fraction of sp³-hybridized carbons (Fsp3) is 0.591. The Balaban J connectivity index is 4.79. The van der Waals surface area contributed by atoms with E-state index in [1.54, 1.807) is 0 Å². The summed E-state index contributed by atoms with van der Waals surface area (Å²) in [5.74, 6) is -6.37. The molecule has 0 rings (SSSR count). The van der Waals surface area contributed by atoms with Gasteiger partial charge in [0.1, 0.15) is 0 Å². The number of aliphatic carboxylic acids is 1. The van der Waals surface area contributed by atoms with Crippen molar-refractivity contribution in [1.29, 1.82) is 0 Å². The Bertz CT molecular complexity index is 998. The van der Waals surface area contributed by atoms with Crippen LogP contribution in [-0.4, -0.2) is 89.1 Å². The molecule has 42 heavy (non-hydrogen) atoms.